The summed E-state index contributed by atoms with van der Waals surface area (Å²) >= 11 is 0. The van der Waals surface area contributed by atoms with Crippen molar-refractivity contribution >= 4 is 5.69 Å². The van der Waals surface area contributed by atoms with E-state index in [-0.39, 0.29) is 0 Å². The number of nitrogens with zero attached hydrogens (tertiary/aromatic N) is 1. The zero-order chi connectivity index (χ0) is 12.8. The van der Waals surface area contributed by atoms with E-state index in [0.29, 0.717) is 0 Å². The van der Waals surface area contributed by atoms with Crippen molar-refractivity contribution in [3.05, 3.63) is 29.8 Å². The smallest absolute Gasteiger partial charge is 0.0343 e. The fourth-order valence-corrected chi connectivity index (χ4v) is 2.92. The maximum absolute atomic E-state index is 3.54. The quantitative estimate of drug-likeness (QED) is 0.852. The lowest BCUT2D eigenvalue weighted by molar-refractivity contribution is 0.150. The van der Waals surface area contributed by atoms with E-state index in [1.165, 1.54) is 50.0 Å². The van der Waals surface area contributed by atoms with Gasteiger partial charge in [0.15, 0.2) is 0 Å². The maximum atomic E-state index is 3.54. The summed E-state index contributed by atoms with van der Waals surface area (Å²) in [6, 6.07) is 9.45. The molecule has 1 unspecified atom stereocenters. The molecule has 1 aromatic rings. The van der Waals surface area contributed by atoms with Crippen LogP contribution in [0.15, 0.2) is 24.3 Å². The fraction of sp³-hybridized carbons (Fsp3) is 0.625. The van der Waals surface area contributed by atoms with Gasteiger partial charge in [0.1, 0.15) is 0 Å². The molecular weight excluding hydrogens is 220 g/mol. The first-order valence-corrected chi connectivity index (χ1v) is 7.34. The first-order valence-electron chi connectivity index (χ1n) is 7.34. The second kappa shape index (κ2) is 6.79. The van der Waals surface area contributed by atoms with Crippen molar-refractivity contribution in [1.82, 2.24) is 4.90 Å². The Bertz CT molecular complexity index is 362. The van der Waals surface area contributed by atoms with Crippen LogP contribution in [-0.4, -0.2) is 30.6 Å². The first-order chi connectivity index (χ1) is 8.79. The van der Waals surface area contributed by atoms with Gasteiger partial charge in [0.05, 0.1) is 0 Å². The van der Waals surface area contributed by atoms with Gasteiger partial charge in [0.2, 0.25) is 0 Å². The van der Waals surface area contributed by atoms with Gasteiger partial charge in [-0.1, -0.05) is 25.5 Å². The summed E-state index contributed by atoms with van der Waals surface area (Å²) in [7, 11) is 0. The number of rotatable bonds is 5. The Morgan fingerprint density at radius 3 is 3.00 bits per heavy atom. The summed E-state index contributed by atoms with van der Waals surface area (Å²) in [6.45, 7) is 7.97. The van der Waals surface area contributed by atoms with Gasteiger partial charge in [-0.3, -0.25) is 4.90 Å². The second-order valence-electron chi connectivity index (χ2n) is 5.39. The Hall–Kier alpha value is -1.02. The lowest BCUT2D eigenvalue weighted by Crippen LogP contribution is -2.41. The lowest BCUT2D eigenvalue weighted by atomic mass is 10.0. The highest BCUT2D eigenvalue weighted by Gasteiger charge is 2.19. The molecule has 1 aromatic carbocycles. The van der Waals surface area contributed by atoms with Gasteiger partial charge < -0.3 is 5.32 Å². The molecule has 2 rings (SSSR count). The van der Waals surface area contributed by atoms with E-state index in [2.05, 4.69) is 48.3 Å². The Kier molecular flexibility index (Phi) is 5.06. The van der Waals surface area contributed by atoms with Crippen molar-refractivity contribution < 1.29 is 0 Å². The number of benzene rings is 1. The summed E-state index contributed by atoms with van der Waals surface area (Å²) < 4.78 is 0. The average molecular weight is 246 g/mol. The van der Waals surface area contributed by atoms with E-state index in [1.807, 2.05) is 0 Å². The van der Waals surface area contributed by atoms with Crippen molar-refractivity contribution in [2.75, 3.05) is 25.0 Å². The molecule has 1 fully saturated rings. The van der Waals surface area contributed by atoms with E-state index in [4.69, 9.17) is 0 Å². The molecule has 0 aliphatic carbocycles. The zero-order valence-corrected chi connectivity index (χ0v) is 11.8. The monoisotopic (exact) mass is 246 g/mol. The molecule has 2 heteroatoms. The molecule has 1 aliphatic rings. The van der Waals surface area contributed by atoms with Gasteiger partial charge in [-0.2, -0.15) is 0 Å². The third-order valence-corrected chi connectivity index (χ3v) is 3.97. The van der Waals surface area contributed by atoms with E-state index in [1.54, 1.807) is 0 Å². The molecular formula is C16H26N2. The van der Waals surface area contributed by atoms with E-state index >= 15 is 0 Å². The van der Waals surface area contributed by atoms with Crippen molar-refractivity contribution in [1.29, 1.82) is 0 Å². The van der Waals surface area contributed by atoms with E-state index in [0.717, 1.165) is 12.6 Å². The molecule has 1 N–H and O–H groups in total. The zero-order valence-electron chi connectivity index (χ0n) is 11.8. The molecule has 0 bridgehead atoms. The van der Waals surface area contributed by atoms with Crippen LogP contribution in [0.3, 0.4) is 0 Å². The molecule has 2 nitrogen and oxygen atoms in total. The Labute approximate surface area is 111 Å². The van der Waals surface area contributed by atoms with Crippen molar-refractivity contribution in [2.24, 2.45) is 0 Å². The normalized spacial score (nSPS) is 20.9. The number of nitrogens with one attached hydrogen (secondary N) is 1. The van der Waals surface area contributed by atoms with Crippen molar-refractivity contribution in [3.8, 4) is 0 Å². The van der Waals surface area contributed by atoms with Crippen molar-refractivity contribution in [2.45, 2.75) is 45.6 Å². The maximum Gasteiger partial charge on any atom is 0.0343 e. The molecule has 0 amide bonds. The van der Waals surface area contributed by atoms with Crippen LogP contribution in [-0.2, 0) is 0 Å². The highest BCUT2D eigenvalue weighted by molar-refractivity contribution is 5.45. The summed E-state index contributed by atoms with van der Waals surface area (Å²) in [5.74, 6) is 0. The number of hydrogen-bond donors (Lipinski definition) is 1. The van der Waals surface area contributed by atoms with Gasteiger partial charge in [-0.05, 0) is 50.4 Å². The molecule has 1 heterocycles. The molecule has 0 spiro atoms. The predicted molar refractivity (Wildman–Crippen MR) is 79.2 cm³/mol. The summed E-state index contributed by atoms with van der Waals surface area (Å²) in [5.41, 5.74) is 2.57. The predicted octanol–water partition coefficient (Wildman–Crippen LogP) is 3.67. The van der Waals surface area contributed by atoms with Crippen LogP contribution in [0.4, 0.5) is 5.69 Å². The molecule has 1 saturated heterocycles. The molecule has 0 saturated carbocycles. The molecule has 0 radical (unpaired) electrons. The van der Waals surface area contributed by atoms with Crippen LogP contribution in [0, 0.1) is 6.92 Å². The van der Waals surface area contributed by atoms with Crippen LogP contribution in [0.5, 0.6) is 0 Å². The first kappa shape index (κ1) is 13.4. The summed E-state index contributed by atoms with van der Waals surface area (Å²) in [6.07, 6.45) is 5.48. The Balaban J connectivity index is 1.77. The van der Waals surface area contributed by atoms with E-state index in [9.17, 15) is 0 Å². The largest absolute Gasteiger partial charge is 0.384 e. The average Bonchev–Trinajstić information content (AvgIpc) is 2.39. The minimum absolute atomic E-state index is 0.818. The number of aryl methyl sites for hydroxylation is 1. The second-order valence-corrected chi connectivity index (χ2v) is 5.39. The van der Waals surface area contributed by atoms with Gasteiger partial charge in [0, 0.05) is 24.8 Å². The number of hydrogen-bond acceptors (Lipinski definition) is 2. The Morgan fingerprint density at radius 2 is 2.22 bits per heavy atom. The van der Waals surface area contributed by atoms with Crippen LogP contribution in [0.1, 0.15) is 38.2 Å². The number of likely N-dealkylation sites (tertiary alicyclic amines) is 1. The number of piperidine rings is 1. The van der Waals surface area contributed by atoms with Gasteiger partial charge in [-0.15, -0.1) is 0 Å². The summed E-state index contributed by atoms with van der Waals surface area (Å²) in [4.78, 5) is 2.66. The highest BCUT2D eigenvalue weighted by Crippen LogP contribution is 2.19. The molecule has 1 atom stereocenters. The minimum Gasteiger partial charge on any atom is -0.384 e. The topological polar surface area (TPSA) is 15.3 Å². The standard InChI is InChI=1S/C16H26N2/c1-3-16-9-4-5-11-18(16)12-10-17-15-8-6-7-14(2)13-15/h6-8,13,16-17H,3-5,9-12H2,1-2H3. The van der Waals surface area contributed by atoms with E-state index < -0.39 is 0 Å². The third-order valence-electron chi connectivity index (χ3n) is 3.97. The van der Waals surface area contributed by atoms with Crippen LogP contribution < -0.4 is 5.32 Å². The van der Waals surface area contributed by atoms with Gasteiger partial charge in [-0.25, -0.2) is 0 Å². The number of anilines is 1. The van der Waals surface area contributed by atoms with Crippen LogP contribution >= 0.6 is 0 Å². The molecule has 0 aromatic heterocycles. The minimum atomic E-state index is 0.818. The van der Waals surface area contributed by atoms with Crippen LogP contribution in [0.25, 0.3) is 0 Å². The lowest BCUT2D eigenvalue weighted by Gasteiger charge is -2.35. The Morgan fingerprint density at radius 1 is 1.33 bits per heavy atom. The molecule has 18 heavy (non-hydrogen) atoms. The molecule has 100 valence electrons. The van der Waals surface area contributed by atoms with Crippen LogP contribution in [0.2, 0.25) is 0 Å². The summed E-state index contributed by atoms with van der Waals surface area (Å²) in [5, 5.41) is 3.54. The highest BCUT2D eigenvalue weighted by atomic mass is 15.2. The SMILES string of the molecule is CCC1CCCCN1CCNc1cccc(C)c1. The van der Waals surface area contributed by atoms with Crippen molar-refractivity contribution in [3.63, 3.8) is 0 Å². The third kappa shape index (κ3) is 3.74. The van der Waals surface area contributed by atoms with Gasteiger partial charge >= 0.3 is 0 Å². The fourth-order valence-electron chi connectivity index (χ4n) is 2.92. The molecule has 1 aliphatic heterocycles. The van der Waals surface area contributed by atoms with Gasteiger partial charge in [0.25, 0.3) is 0 Å².